The van der Waals surface area contributed by atoms with E-state index in [4.69, 9.17) is 9.05 Å². The molecule has 0 heterocycles. The third kappa shape index (κ3) is 7.52. The molecule has 0 aliphatic heterocycles. The first kappa shape index (κ1) is 32.8. The van der Waals surface area contributed by atoms with Crippen LogP contribution in [0.5, 0.6) is 11.5 Å². The summed E-state index contributed by atoms with van der Waals surface area (Å²) in [5.74, 6) is 1.02. The highest BCUT2D eigenvalue weighted by Crippen LogP contribution is 2.51. The van der Waals surface area contributed by atoms with Crippen molar-refractivity contribution in [3.8, 4) is 11.5 Å². The van der Waals surface area contributed by atoms with Gasteiger partial charge in [0.1, 0.15) is 11.5 Å². The number of hydrogen-bond acceptors (Lipinski definition) is 5. The van der Waals surface area contributed by atoms with Crippen LogP contribution in [-0.2, 0) is 25.5 Å². The summed E-state index contributed by atoms with van der Waals surface area (Å²) in [6.07, 6.45) is 7.20. The van der Waals surface area contributed by atoms with Crippen molar-refractivity contribution in [3.63, 3.8) is 0 Å². The van der Waals surface area contributed by atoms with Gasteiger partial charge in [-0.2, -0.15) is 0 Å². The van der Waals surface area contributed by atoms with Crippen LogP contribution in [0.2, 0.25) is 0 Å². The average Bonchev–Trinajstić information content (AvgIpc) is 2.92. The molecule has 3 aromatic rings. The molecule has 230 valence electrons. The Morgan fingerprint density at radius 3 is 1.72 bits per heavy atom. The molecule has 1 aliphatic carbocycles. The van der Waals surface area contributed by atoms with E-state index in [2.05, 4.69) is 52.0 Å². The van der Waals surface area contributed by atoms with E-state index in [9.17, 15) is 14.8 Å². The van der Waals surface area contributed by atoms with E-state index in [1.54, 1.807) is 12.1 Å². The average molecular weight is 603 g/mol. The highest BCUT2D eigenvalue weighted by molar-refractivity contribution is 7.53. The lowest BCUT2D eigenvalue weighted by atomic mass is 9.70. The van der Waals surface area contributed by atoms with Crippen LogP contribution >= 0.6 is 7.60 Å². The maximum Gasteiger partial charge on any atom is 0.376 e. The molecule has 5 nitrogen and oxygen atoms in total. The lowest BCUT2D eigenvalue weighted by Crippen LogP contribution is -2.30. The molecule has 1 aliphatic rings. The smallest absolute Gasteiger partial charge is 0.376 e. The van der Waals surface area contributed by atoms with Crippen LogP contribution in [-0.4, -0.2) is 22.5 Å². The Balaban J connectivity index is 1.42. The van der Waals surface area contributed by atoms with Crippen LogP contribution in [0.4, 0.5) is 0 Å². The second-order valence-corrected chi connectivity index (χ2v) is 15.8. The largest absolute Gasteiger partial charge is 0.508 e. The molecule has 2 unspecified atom stereocenters. The fraction of sp³-hybridized carbons (Fsp3) is 0.405. The molecule has 0 spiro atoms. The Morgan fingerprint density at radius 2 is 1.23 bits per heavy atom. The van der Waals surface area contributed by atoms with Crippen molar-refractivity contribution in [1.82, 2.24) is 0 Å². The van der Waals surface area contributed by atoms with Gasteiger partial charge in [0.05, 0.1) is 11.2 Å². The molecule has 3 aromatic carbocycles. The van der Waals surface area contributed by atoms with Gasteiger partial charge in [-0.3, -0.25) is 4.52 Å². The number of aromatic hydroxyl groups is 1. The van der Waals surface area contributed by atoms with Crippen LogP contribution in [0.25, 0.3) is 0 Å². The standard InChI is InChI=1S/C37H47O5P/c1-34(2,28-18-22-32(38)23-19-28)27-12-16-31(17-13-27)37(7,8)42-43(9,40)41-33-24-20-29(21-25-33)35(3,4)26-10-14-30(15-11-26)36(5,6)39/h10,12-26,38-39H,11H2,1-9H3. The summed E-state index contributed by atoms with van der Waals surface area (Å²) < 4.78 is 25.6. The lowest BCUT2D eigenvalue weighted by molar-refractivity contribution is 0.0957. The number of aliphatic hydroxyl groups is 1. The van der Waals surface area contributed by atoms with E-state index < -0.39 is 18.8 Å². The molecule has 0 saturated heterocycles. The fourth-order valence-electron chi connectivity index (χ4n) is 5.78. The summed E-state index contributed by atoms with van der Waals surface area (Å²) in [6, 6.07) is 23.2. The number of phenolic OH excluding ortho intramolecular Hbond substituents is 1. The van der Waals surface area contributed by atoms with Gasteiger partial charge in [-0.15, -0.1) is 0 Å². The second kappa shape index (κ2) is 11.8. The Morgan fingerprint density at radius 1 is 0.744 bits per heavy atom. The minimum absolute atomic E-state index is 0.145. The molecule has 4 rings (SSSR count). The maximum absolute atomic E-state index is 13.6. The SMILES string of the molecule is CC(C)(O)C1=CCC(C(C)(C)c2ccc(OP(C)(=O)OC(C)(C)c3ccc(C(C)(C)c4ccc(O)cc4)cc3)cc2)C=C1. The first-order valence-electron chi connectivity index (χ1n) is 14.9. The summed E-state index contributed by atoms with van der Waals surface area (Å²) in [5, 5.41) is 20.0. The zero-order valence-electron chi connectivity index (χ0n) is 27.0. The van der Waals surface area contributed by atoms with Gasteiger partial charge in [-0.25, -0.2) is 4.57 Å². The van der Waals surface area contributed by atoms with Crippen molar-refractivity contribution in [3.05, 3.63) is 119 Å². The van der Waals surface area contributed by atoms with Gasteiger partial charge in [-0.05, 0) is 97.5 Å². The van der Waals surface area contributed by atoms with Gasteiger partial charge in [-0.1, -0.05) is 94.5 Å². The summed E-state index contributed by atoms with van der Waals surface area (Å²) in [6.45, 7) is 17.6. The van der Waals surface area contributed by atoms with E-state index in [0.717, 1.165) is 34.2 Å². The van der Waals surface area contributed by atoms with E-state index in [0.29, 0.717) is 5.75 Å². The molecule has 0 bridgehead atoms. The fourth-order valence-corrected chi connectivity index (χ4v) is 7.26. The van der Waals surface area contributed by atoms with E-state index in [1.165, 1.54) is 6.66 Å². The van der Waals surface area contributed by atoms with Crippen LogP contribution in [0.1, 0.15) is 84.1 Å². The number of phenols is 1. The molecule has 0 fully saturated rings. The Labute approximate surface area is 257 Å². The normalized spacial score (nSPS) is 17.7. The summed E-state index contributed by atoms with van der Waals surface area (Å²) in [5.41, 5.74) is 3.10. The van der Waals surface area contributed by atoms with Crippen LogP contribution in [0, 0.1) is 5.92 Å². The van der Waals surface area contributed by atoms with Crippen LogP contribution in [0.3, 0.4) is 0 Å². The minimum Gasteiger partial charge on any atom is -0.508 e. The first-order valence-corrected chi connectivity index (χ1v) is 16.9. The van der Waals surface area contributed by atoms with E-state index in [-0.39, 0.29) is 22.5 Å². The Hall–Kier alpha value is -3.11. The van der Waals surface area contributed by atoms with Gasteiger partial charge in [0.2, 0.25) is 0 Å². The van der Waals surface area contributed by atoms with Crippen molar-refractivity contribution in [2.24, 2.45) is 5.92 Å². The van der Waals surface area contributed by atoms with Gasteiger partial charge < -0.3 is 14.7 Å². The van der Waals surface area contributed by atoms with Gasteiger partial charge in [0.25, 0.3) is 0 Å². The predicted octanol–water partition coefficient (Wildman–Crippen LogP) is 9.42. The number of allylic oxidation sites excluding steroid dienone is 2. The summed E-state index contributed by atoms with van der Waals surface area (Å²) in [4.78, 5) is 0. The third-order valence-electron chi connectivity index (χ3n) is 8.89. The highest BCUT2D eigenvalue weighted by Gasteiger charge is 2.34. The van der Waals surface area contributed by atoms with Crippen LogP contribution < -0.4 is 4.52 Å². The quantitative estimate of drug-likeness (QED) is 0.226. The van der Waals surface area contributed by atoms with Crippen molar-refractivity contribution >= 4 is 7.60 Å². The van der Waals surface area contributed by atoms with E-state index in [1.807, 2.05) is 82.3 Å². The Bertz CT molecular complexity index is 1520. The van der Waals surface area contributed by atoms with Crippen molar-refractivity contribution in [1.29, 1.82) is 0 Å². The van der Waals surface area contributed by atoms with Gasteiger partial charge in [0, 0.05) is 12.1 Å². The minimum atomic E-state index is -3.47. The summed E-state index contributed by atoms with van der Waals surface area (Å²) in [7, 11) is -3.47. The molecule has 0 amide bonds. The molecular formula is C37H47O5P. The maximum atomic E-state index is 13.6. The molecule has 0 aromatic heterocycles. The van der Waals surface area contributed by atoms with Gasteiger partial charge >= 0.3 is 7.60 Å². The van der Waals surface area contributed by atoms with Crippen molar-refractivity contribution in [2.75, 3.05) is 6.66 Å². The number of benzene rings is 3. The summed E-state index contributed by atoms with van der Waals surface area (Å²) >= 11 is 0. The van der Waals surface area contributed by atoms with Gasteiger partial charge in [0.15, 0.2) is 0 Å². The molecule has 2 N–H and O–H groups in total. The molecule has 43 heavy (non-hydrogen) atoms. The lowest BCUT2D eigenvalue weighted by Gasteiger charge is -2.35. The van der Waals surface area contributed by atoms with E-state index >= 15 is 0 Å². The second-order valence-electron chi connectivity index (χ2n) is 13.9. The number of hydrogen-bond donors (Lipinski definition) is 2. The molecule has 0 saturated carbocycles. The predicted molar refractivity (Wildman–Crippen MR) is 176 cm³/mol. The zero-order valence-corrected chi connectivity index (χ0v) is 27.9. The molecule has 2 atom stereocenters. The topological polar surface area (TPSA) is 76.0 Å². The molecular weight excluding hydrogens is 555 g/mol. The highest BCUT2D eigenvalue weighted by atomic mass is 31.2. The third-order valence-corrected chi connectivity index (χ3v) is 10.2. The number of rotatable bonds is 10. The monoisotopic (exact) mass is 602 g/mol. The molecule has 6 heteroatoms. The van der Waals surface area contributed by atoms with Crippen LogP contribution in [0.15, 0.2) is 96.6 Å². The van der Waals surface area contributed by atoms with Crippen molar-refractivity contribution < 1.29 is 23.8 Å². The van der Waals surface area contributed by atoms with Crippen molar-refractivity contribution in [2.45, 2.75) is 83.8 Å². The molecule has 0 radical (unpaired) electrons. The zero-order chi connectivity index (χ0) is 31.8. The Kier molecular flexibility index (Phi) is 8.97. The first-order chi connectivity index (χ1) is 19.8.